The summed E-state index contributed by atoms with van der Waals surface area (Å²) in [6.45, 7) is 6.94. The van der Waals surface area contributed by atoms with Crippen molar-refractivity contribution in [1.82, 2.24) is 24.6 Å². The zero-order valence-electron chi connectivity index (χ0n) is 17.3. The molecule has 0 atom stereocenters. The third kappa shape index (κ3) is 4.37. The Morgan fingerprint density at radius 1 is 1.14 bits per heavy atom. The summed E-state index contributed by atoms with van der Waals surface area (Å²) >= 11 is 0. The van der Waals surface area contributed by atoms with Gasteiger partial charge in [0.1, 0.15) is 17.4 Å². The number of likely N-dealkylation sites (tertiary alicyclic amines) is 1. The molecule has 8 nitrogen and oxygen atoms in total. The minimum absolute atomic E-state index is 0.0719. The standard InChI is InChI=1S/C21H30N6O2/c1-3-29-18-7-5-4-6-17(18)22-21(28)26-12-8-16(9-13-26)20-24-23-19-10-11-25(2)14-15-27(19)20/h4-7,16H,3,8-15H2,1-2H3,(H,22,28). The molecule has 8 heteroatoms. The number of carbonyl (C=O) groups is 1. The highest BCUT2D eigenvalue weighted by atomic mass is 16.5. The minimum atomic E-state index is -0.0719. The van der Waals surface area contributed by atoms with Crippen molar-refractivity contribution in [1.29, 1.82) is 0 Å². The van der Waals surface area contributed by atoms with E-state index in [4.69, 9.17) is 4.74 Å². The second-order valence-corrected chi connectivity index (χ2v) is 7.80. The van der Waals surface area contributed by atoms with Crippen molar-refractivity contribution in [2.45, 2.75) is 38.6 Å². The van der Waals surface area contributed by atoms with Gasteiger partial charge in [-0.1, -0.05) is 12.1 Å². The van der Waals surface area contributed by atoms with Gasteiger partial charge in [-0.05, 0) is 38.9 Å². The van der Waals surface area contributed by atoms with Crippen LogP contribution in [0.15, 0.2) is 24.3 Å². The molecule has 0 saturated carbocycles. The molecule has 1 saturated heterocycles. The highest BCUT2D eigenvalue weighted by Gasteiger charge is 2.29. The van der Waals surface area contributed by atoms with Gasteiger partial charge >= 0.3 is 6.03 Å². The molecule has 4 rings (SSSR count). The number of hydrogen-bond donors (Lipinski definition) is 1. The van der Waals surface area contributed by atoms with Gasteiger partial charge in [0.25, 0.3) is 0 Å². The average Bonchev–Trinajstić information content (AvgIpc) is 3.06. The van der Waals surface area contributed by atoms with E-state index in [1.54, 1.807) is 0 Å². The number of amides is 2. The van der Waals surface area contributed by atoms with Crippen LogP contribution in [0.25, 0.3) is 0 Å². The van der Waals surface area contributed by atoms with Crippen molar-refractivity contribution in [3.63, 3.8) is 0 Å². The number of fused-ring (bicyclic) bond motifs is 1. The normalized spacial score (nSPS) is 18.2. The van der Waals surface area contributed by atoms with E-state index in [-0.39, 0.29) is 6.03 Å². The van der Waals surface area contributed by atoms with Crippen LogP contribution in [0.5, 0.6) is 5.75 Å². The van der Waals surface area contributed by atoms with Gasteiger partial charge in [0.2, 0.25) is 0 Å². The van der Waals surface area contributed by atoms with Crippen molar-refractivity contribution < 1.29 is 9.53 Å². The number of aromatic nitrogens is 3. The third-order valence-corrected chi connectivity index (χ3v) is 5.85. The van der Waals surface area contributed by atoms with Crippen LogP contribution < -0.4 is 10.1 Å². The van der Waals surface area contributed by atoms with Crippen molar-refractivity contribution in [2.75, 3.05) is 45.2 Å². The lowest BCUT2D eigenvalue weighted by Crippen LogP contribution is -2.41. The fraction of sp³-hybridized carbons (Fsp3) is 0.571. The molecule has 2 amide bonds. The fourth-order valence-corrected chi connectivity index (χ4v) is 4.14. The monoisotopic (exact) mass is 398 g/mol. The van der Waals surface area contributed by atoms with Gasteiger partial charge in [-0.3, -0.25) is 0 Å². The van der Waals surface area contributed by atoms with E-state index in [9.17, 15) is 4.79 Å². The van der Waals surface area contributed by atoms with Crippen LogP contribution in [0.4, 0.5) is 10.5 Å². The molecule has 2 aliphatic rings. The van der Waals surface area contributed by atoms with Crippen molar-refractivity contribution in [3.8, 4) is 5.75 Å². The SMILES string of the molecule is CCOc1ccccc1NC(=O)N1CCC(c2nnc3n2CCN(C)CC3)CC1. The topological polar surface area (TPSA) is 75.5 Å². The molecule has 3 heterocycles. The van der Waals surface area contributed by atoms with E-state index < -0.39 is 0 Å². The number of urea groups is 1. The number of nitrogens with zero attached hydrogens (tertiary/aromatic N) is 5. The van der Waals surface area contributed by atoms with Crippen molar-refractivity contribution in [2.24, 2.45) is 0 Å². The van der Waals surface area contributed by atoms with Gasteiger partial charge < -0.3 is 24.4 Å². The van der Waals surface area contributed by atoms with Crippen LogP contribution in [0.1, 0.15) is 37.3 Å². The van der Waals surface area contributed by atoms with Gasteiger partial charge in [0.05, 0.1) is 12.3 Å². The Bertz CT molecular complexity index is 843. The maximum atomic E-state index is 12.8. The summed E-state index contributed by atoms with van der Waals surface area (Å²) in [4.78, 5) is 17.0. The van der Waals surface area contributed by atoms with Gasteiger partial charge in [-0.2, -0.15) is 0 Å². The summed E-state index contributed by atoms with van der Waals surface area (Å²) in [5.74, 6) is 3.25. The first-order valence-electron chi connectivity index (χ1n) is 10.5. The van der Waals surface area contributed by atoms with E-state index in [0.717, 1.165) is 63.6 Å². The average molecular weight is 399 g/mol. The maximum absolute atomic E-state index is 12.8. The number of para-hydroxylation sites is 2. The predicted octanol–water partition coefficient (Wildman–Crippen LogP) is 2.58. The second kappa shape index (κ2) is 8.82. The van der Waals surface area contributed by atoms with Crippen molar-refractivity contribution in [3.05, 3.63) is 35.9 Å². The van der Waals surface area contributed by atoms with Crippen LogP contribution >= 0.6 is 0 Å². The molecule has 0 radical (unpaired) electrons. The predicted molar refractivity (Wildman–Crippen MR) is 111 cm³/mol. The van der Waals surface area contributed by atoms with Gasteiger partial charge in [-0.25, -0.2) is 4.79 Å². The van der Waals surface area contributed by atoms with E-state index in [1.165, 1.54) is 0 Å². The molecule has 2 aromatic rings. The molecule has 156 valence electrons. The molecular weight excluding hydrogens is 368 g/mol. The highest BCUT2D eigenvalue weighted by Crippen LogP contribution is 2.29. The summed E-state index contributed by atoms with van der Waals surface area (Å²) < 4.78 is 7.91. The number of ether oxygens (including phenoxy) is 1. The first-order valence-corrected chi connectivity index (χ1v) is 10.5. The van der Waals surface area contributed by atoms with E-state index in [0.29, 0.717) is 24.0 Å². The number of hydrogen-bond acceptors (Lipinski definition) is 5. The largest absolute Gasteiger partial charge is 0.492 e. The smallest absolute Gasteiger partial charge is 0.321 e. The Morgan fingerprint density at radius 3 is 2.72 bits per heavy atom. The maximum Gasteiger partial charge on any atom is 0.321 e. The van der Waals surface area contributed by atoms with Crippen LogP contribution in [0, 0.1) is 0 Å². The van der Waals surface area contributed by atoms with Gasteiger partial charge in [-0.15, -0.1) is 10.2 Å². The Labute approximate surface area is 171 Å². The van der Waals surface area contributed by atoms with Crippen LogP contribution in [0.3, 0.4) is 0 Å². The molecule has 2 aliphatic heterocycles. The number of carbonyl (C=O) groups excluding carboxylic acids is 1. The quantitative estimate of drug-likeness (QED) is 0.857. The Hall–Kier alpha value is -2.61. The minimum Gasteiger partial charge on any atom is -0.492 e. The number of nitrogens with one attached hydrogen (secondary N) is 1. The van der Waals surface area contributed by atoms with Gasteiger partial charge in [0.15, 0.2) is 0 Å². The first kappa shape index (κ1) is 19.7. The molecule has 1 N–H and O–H groups in total. The zero-order chi connectivity index (χ0) is 20.2. The number of benzene rings is 1. The fourth-order valence-electron chi connectivity index (χ4n) is 4.14. The van der Waals surface area contributed by atoms with Crippen LogP contribution in [-0.2, 0) is 13.0 Å². The summed E-state index contributed by atoms with van der Waals surface area (Å²) in [6.07, 6.45) is 2.77. The van der Waals surface area contributed by atoms with Crippen LogP contribution in [0.2, 0.25) is 0 Å². The molecular formula is C21H30N6O2. The molecule has 0 unspecified atom stereocenters. The number of rotatable bonds is 4. The lowest BCUT2D eigenvalue weighted by molar-refractivity contribution is 0.192. The number of piperidine rings is 1. The molecule has 1 aromatic carbocycles. The van der Waals surface area contributed by atoms with E-state index in [2.05, 4.69) is 32.0 Å². The Morgan fingerprint density at radius 2 is 1.93 bits per heavy atom. The highest BCUT2D eigenvalue weighted by molar-refractivity contribution is 5.91. The lowest BCUT2D eigenvalue weighted by atomic mass is 9.96. The first-order chi connectivity index (χ1) is 14.2. The van der Waals surface area contributed by atoms with Crippen LogP contribution in [-0.4, -0.2) is 70.4 Å². The number of anilines is 1. The molecule has 0 aliphatic carbocycles. The zero-order valence-corrected chi connectivity index (χ0v) is 17.3. The Kier molecular flexibility index (Phi) is 5.99. The summed E-state index contributed by atoms with van der Waals surface area (Å²) in [7, 11) is 2.15. The summed E-state index contributed by atoms with van der Waals surface area (Å²) in [5.41, 5.74) is 0.716. The molecule has 1 fully saturated rings. The second-order valence-electron chi connectivity index (χ2n) is 7.80. The summed E-state index contributed by atoms with van der Waals surface area (Å²) in [6, 6.07) is 7.49. The van der Waals surface area contributed by atoms with Crippen molar-refractivity contribution >= 4 is 11.7 Å². The third-order valence-electron chi connectivity index (χ3n) is 5.85. The van der Waals surface area contributed by atoms with Gasteiger partial charge in [0, 0.05) is 45.1 Å². The number of likely N-dealkylation sites (N-methyl/N-ethyl adjacent to an activating group) is 1. The molecule has 1 aromatic heterocycles. The van der Waals surface area contributed by atoms with E-state index >= 15 is 0 Å². The molecule has 29 heavy (non-hydrogen) atoms. The Balaban J connectivity index is 1.37. The summed E-state index contributed by atoms with van der Waals surface area (Å²) in [5, 5.41) is 12.0. The molecule has 0 bridgehead atoms. The lowest BCUT2D eigenvalue weighted by Gasteiger charge is -2.32. The van der Waals surface area contributed by atoms with E-state index in [1.807, 2.05) is 36.1 Å². The molecule has 0 spiro atoms.